The van der Waals surface area contributed by atoms with Gasteiger partial charge in [0.05, 0.1) is 28.6 Å². The first-order valence-corrected chi connectivity index (χ1v) is 6.34. The molecule has 0 aliphatic heterocycles. The molecule has 1 unspecified atom stereocenters. The Hall–Kier alpha value is -1.39. The zero-order valence-corrected chi connectivity index (χ0v) is 11.6. The quantitative estimate of drug-likeness (QED) is 0.923. The molecule has 18 heavy (non-hydrogen) atoms. The van der Waals surface area contributed by atoms with Gasteiger partial charge in [-0.05, 0) is 31.2 Å². The zero-order valence-electron chi connectivity index (χ0n) is 10.8. The summed E-state index contributed by atoms with van der Waals surface area (Å²) in [5.41, 5.74) is 3.08. The number of aryl methyl sites for hydroxylation is 2. The van der Waals surface area contributed by atoms with E-state index in [4.69, 9.17) is 11.6 Å². The summed E-state index contributed by atoms with van der Waals surface area (Å²) in [7, 11) is 1.89. The average molecular weight is 265 g/mol. The molecule has 0 bridgehead atoms. The summed E-state index contributed by atoms with van der Waals surface area (Å²) in [6.45, 7) is 4.95. The third-order valence-corrected chi connectivity index (χ3v) is 3.14. The van der Waals surface area contributed by atoms with Gasteiger partial charge in [0.1, 0.15) is 0 Å². The molecule has 2 aromatic heterocycles. The molecule has 2 aromatic rings. The van der Waals surface area contributed by atoms with Crippen LogP contribution >= 0.6 is 11.6 Å². The predicted molar refractivity (Wildman–Crippen MR) is 72.7 cm³/mol. The Morgan fingerprint density at radius 1 is 1.50 bits per heavy atom. The van der Waals surface area contributed by atoms with Crippen molar-refractivity contribution in [2.45, 2.75) is 19.9 Å². The van der Waals surface area contributed by atoms with Gasteiger partial charge in [-0.1, -0.05) is 18.5 Å². The second-order valence-corrected chi connectivity index (χ2v) is 4.66. The first-order valence-electron chi connectivity index (χ1n) is 5.96. The minimum absolute atomic E-state index is 0.0325. The predicted octanol–water partition coefficient (Wildman–Crippen LogP) is 2.48. The monoisotopic (exact) mass is 264 g/mol. The van der Waals surface area contributed by atoms with Crippen molar-refractivity contribution in [3.05, 3.63) is 46.5 Å². The molecule has 0 aliphatic carbocycles. The van der Waals surface area contributed by atoms with Crippen molar-refractivity contribution in [1.29, 1.82) is 0 Å². The van der Waals surface area contributed by atoms with Crippen molar-refractivity contribution in [3.8, 4) is 0 Å². The van der Waals surface area contributed by atoms with Crippen LogP contribution < -0.4 is 5.32 Å². The smallest absolute Gasteiger partial charge is 0.0937 e. The fourth-order valence-electron chi connectivity index (χ4n) is 2.01. The van der Waals surface area contributed by atoms with Gasteiger partial charge in [0.25, 0.3) is 0 Å². The van der Waals surface area contributed by atoms with Crippen molar-refractivity contribution in [2.75, 3.05) is 6.54 Å². The third-order valence-electron chi connectivity index (χ3n) is 2.85. The molecule has 2 rings (SSSR count). The highest BCUT2D eigenvalue weighted by Crippen LogP contribution is 2.26. The number of pyridine rings is 1. The van der Waals surface area contributed by atoms with E-state index in [9.17, 15) is 0 Å². The lowest BCUT2D eigenvalue weighted by atomic mass is 10.1. The largest absolute Gasteiger partial charge is 0.304 e. The lowest BCUT2D eigenvalue weighted by molar-refractivity contribution is 0.561. The van der Waals surface area contributed by atoms with Crippen LogP contribution in [0.2, 0.25) is 5.02 Å². The van der Waals surface area contributed by atoms with Crippen LogP contribution in [0.1, 0.15) is 29.9 Å². The summed E-state index contributed by atoms with van der Waals surface area (Å²) in [6.07, 6.45) is 3.48. The van der Waals surface area contributed by atoms with Crippen LogP contribution in [0.15, 0.2) is 24.5 Å². The second kappa shape index (κ2) is 5.50. The number of hydrogen-bond donors (Lipinski definition) is 1. The second-order valence-electron chi connectivity index (χ2n) is 4.25. The van der Waals surface area contributed by atoms with Gasteiger partial charge in [0, 0.05) is 13.2 Å². The van der Waals surface area contributed by atoms with Crippen LogP contribution in [0.3, 0.4) is 0 Å². The van der Waals surface area contributed by atoms with Gasteiger partial charge >= 0.3 is 0 Å². The van der Waals surface area contributed by atoms with Gasteiger partial charge in [-0.25, -0.2) is 0 Å². The highest BCUT2D eigenvalue weighted by atomic mass is 35.5. The molecule has 0 aliphatic rings. The average Bonchev–Trinajstić information content (AvgIpc) is 2.67. The molecule has 0 radical (unpaired) electrons. The zero-order chi connectivity index (χ0) is 13.1. The molecular weight excluding hydrogens is 248 g/mol. The van der Waals surface area contributed by atoms with Crippen LogP contribution in [0, 0.1) is 6.92 Å². The third kappa shape index (κ3) is 2.54. The standard InChI is InChI=1S/C13H17ClN4/c1-4-15-12(11-7-9(2)5-6-16-11)13-10(14)8-17-18(13)3/h5-8,12,15H,4H2,1-3H3. The summed E-state index contributed by atoms with van der Waals surface area (Å²) in [5.74, 6) is 0. The minimum atomic E-state index is -0.0325. The Bertz CT molecular complexity index is 516. The number of nitrogens with zero attached hydrogens (tertiary/aromatic N) is 3. The molecule has 1 atom stereocenters. The summed E-state index contributed by atoms with van der Waals surface area (Å²) in [4.78, 5) is 4.43. The lowest BCUT2D eigenvalue weighted by Crippen LogP contribution is -2.25. The molecule has 0 spiro atoms. The topological polar surface area (TPSA) is 42.7 Å². The number of hydrogen-bond acceptors (Lipinski definition) is 3. The van der Waals surface area contributed by atoms with E-state index in [1.165, 1.54) is 5.56 Å². The Morgan fingerprint density at radius 3 is 2.83 bits per heavy atom. The summed E-state index contributed by atoms with van der Waals surface area (Å²) in [6, 6.07) is 4.02. The normalized spacial score (nSPS) is 12.7. The van der Waals surface area contributed by atoms with E-state index in [0.29, 0.717) is 5.02 Å². The molecular formula is C13H17ClN4. The fraction of sp³-hybridized carbons (Fsp3) is 0.385. The Kier molecular flexibility index (Phi) is 3.99. The molecule has 2 heterocycles. The lowest BCUT2D eigenvalue weighted by Gasteiger charge is -2.18. The summed E-state index contributed by atoms with van der Waals surface area (Å²) >= 11 is 6.21. The Morgan fingerprint density at radius 2 is 2.28 bits per heavy atom. The molecule has 0 fully saturated rings. The molecule has 96 valence electrons. The van der Waals surface area contributed by atoms with Gasteiger partial charge in [-0.2, -0.15) is 5.10 Å². The highest BCUT2D eigenvalue weighted by molar-refractivity contribution is 6.31. The summed E-state index contributed by atoms with van der Waals surface area (Å²) < 4.78 is 1.79. The maximum atomic E-state index is 6.21. The van der Waals surface area contributed by atoms with E-state index in [0.717, 1.165) is 17.9 Å². The first-order chi connectivity index (χ1) is 8.63. The van der Waals surface area contributed by atoms with E-state index >= 15 is 0 Å². The van der Waals surface area contributed by atoms with Crippen LogP contribution in [-0.4, -0.2) is 21.3 Å². The number of nitrogens with one attached hydrogen (secondary N) is 1. The number of rotatable bonds is 4. The van der Waals surface area contributed by atoms with Gasteiger partial charge in [-0.3, -0.25) is 9.67 Å². The van der Waals surface area contributed by atoms with Gasteiger partial charge in [0.2, 0.25) is 0 Å². The van der Waals surface area contributed by atoms with Crippen LogP contribution in [-0.2, 0) is 7.05 Å². The van der Waals surface area contributed by atoms with Crippen molar-refractivity contribution in [1.82, 2.24) is 20.1 Å². The van der Waals surface area contributed by atoms with Gasteiger partial charge < -0.3 is 5.32 Å². The molecule has 0 saturated heterocycles. The SMILES string of the molecule is CCNC(c1cc(C)ccn1)c1c(Cl)cnn1C. The van der Waals surface area contributed by atoms with Crippen molar-refractivity contribution >= 4 is 11.6 Å². The van der Waals surface area contributed by atoms with Crippen LogP contribution in [0.25, 0.3) is 0 Å². The maximum Gasteiger partial charge on any atom is 0.0937 e. The van der Waals surface area contributed by atoms with Crippen LogP contribution in [0.5, 0.6) is 0 Å². The molecule has 1 N–H and O–H groups in total. The van der Waals surface area contributed by atoms with Crippen molar-refractivity contribution in [2.24, 2.45) is 7.05 Å². The summed E-state index contributed by atoms with van der Waals surface area (Å²) in [5, 5.41) is 8.25. The highest BCUT2D eigenvalue weighted by Gasteiger charge is 2.21. The number of halogens is 1. The van der Waals surface area contributed by atoms with Crippen LogP contribution in [0.4, 0.5) is 0 Å². The van der Waals surface area contributed by atoms with E-state index in [2.05, 4.69) is 35.3 Å². The van der Waals surface area contributed by atoms with Gasteiger partial charge in [-0.15, -0.1) is 0 Å². The molecule has 0 saturated carbocycles. The van der Waals surface area contributed by atoms with Gasteiger partial charge in [0.15, 0.2) is 0 Å². The molecule has 0 amide bonds. The van der Waals surface area contributed by atoms with E-state index in [1.54, 1.807) is 10.9 Å². The Balaban J connectivity index is 2.46. The molecule has 4 nitrogen and oxygen atoms in total. The maximum absolute atomic E-state index is 6.21. The molecule has 5 heteroatoms. The van der Waals surface area contributed by atoms with E-state index in [-0.39, 0.29) is 6.04 Å². The van der Waals surface area contributed by atoms with Crippen molar-refractivity contribution in [3.63, 3.8) is 0 Å². The van der Waals surface area contributed by atoms with E-state index < -0.39 is 0 Å². The first kappa shape index (κ1) is 13.1. The minimum Gasteiger partial charge on any atom is -0.304 e. The van der Waals surface area contributed by atoms with E-state index in [1.807, 2.05) is 19.3 Å². The Labute approximate surface area is 112 Å². The fourth-order valence-corrected chi connectivity index (χ4v) is 2.28. The van der Waals surface area contributed by atoms with Crippen molar-refractivity contribution < 1.29 is 0 Å². The molecule has 0 aromatic carbocycles. The number of aromatic nitrogens is 3.